The van der Waals surface area contributed by atoms with E-state index in [-0.39, 0.29) is 4.90 Å². The molecule has 0 fully saturated rings. The van der Waals surface area contributed by atoms with Crippen LogP contribution in [-0.2, 0) is 24.9 Å². The van der Waals surface area contributed by atoms with Gasteiger partial charge in [-0.25, -0.2) is 13.2 Å². The Bertz CT molecular complexity index is 501. The molecule has 1 aromatic heterocycles. The molecule has 0 bridgehead atoms. The number of hydrogen-bond acceptors (Lipinski definition) is 5. The number of esters is 1. The van der Waals surface area contributed by atoms with Crippen LogP contribution in [0.4, 0.5) is 0 Å². The maximum atomic E-state index is 11.5. The average molecular weight is 246 g/mol. The van der Waals surface area contributed by atoms with E-state index in [4.69, 9.17) is 0 Å². The van der Waals surface area contributed by atoms with E-state index in [1.165, 1.54) is 24.2 Å². The third-order valence-corrected chi connectivity index (χ3v) is 3.31. The van der Waals surface area contributed by atoms with Crippen molar-refractivity contribution in [3.63, 3.8) is 0 Å². The molecule has 0 spiro atoms. The second-order valence-electron chi connectivity index (χ2n) is 3.94. The van der Waals surface area contributed by atoms with Crippen LogP contribution in [0.15, 0.2) is 17.3 Å². The third-order valence-electron chi connectivity index (χ3n) is 2.24. The first-order valence-corrected chi connectivity index (χ1v) is 6.42. The van der Waals surface area contributed by atoms with Gasteiger partial charge in [-0.05, 0) is 13.8 Å². The lowest BCUT2D eigenvalue weighted by atomic mass is 10.1. The summed E-state index contributed by atoms with van der Waals surface area (Å²) >= 11 is 0. The molecule has 0 saturated heterocycles. The third kappa shape index (κ3) is 2.24. The molecule has 0 aliphatic heterocycles. The molecule has 1 aromatic rings. The van der Waals surface area contributed by atoms with Crippen LogP contribution in [0.1, 0.15) is 13.8 Å². The number of methoxy groups -OCH3 is 1. The largest absolute Gasteiger partial charge is 0.467 e. The smallest absolute Gasteiger partial charge is 0.333 e. The minimum atomic E-state index is -3.31. The Morgan fingerprint density at radius 3 is 2.44 bits per heavy atom. The lowest BCUT2D eigenvalue weighted by Gasteiger charge is -2.21. The highest BCUT2D eigenvalue weighted by Gasteiger charge is 2.32. The zero-order valence-electron chi connectivity index (χ0n) is 9.59. The minimum Gasteiger partial charge on any atom is -0.467 e. The maximum absolute atomic E-state index is 11.5. The van der Waals surface area contributed by atoms with Gasteiger partial charge in [-0.2, -0.15) is 5.10 Å². The predicted octanol–water partition coefficient (Wildman–Crippen LogP) is 0.195. The summed E-state index contributed by atoms with van der Waals surface area (Å²) in [6, 6.07) is 0. The van der Waals surface area contributed by atoms with Crippen LogP contribution in [0.5, 0.6) is 0 Å². The molecule has 1 rings (SSSR count). The molecule has 0 radical (unpaired) electrons. The fourth-order valence-electron chi connectivity index (χ4n) is 1.15. The first kappa shape index (κ1) is 12.7. The number of carbonyl (C=O) groups is 1. The van der Waals surface area contributed by atoms with Crippen LogP contribution in [0.2, 0.25) is 0 Å². The number of sulfone groups is 1. The summed E-state index contributed by atoms with van der Waals surface area (Å²) < 4.78 is 28.4. The van der Waals surface area contributed by atoms with Crippen LogP contribution in [0, 0.1) is 0 Å². The quantitative estimate of drug-likeness (QED) is 0.712. The maximum Gasteiger partial charge on any atom is 0.333 e. The topological polar surface area (TPSA) is 78.3 Å². The molecule has 0 unspecified atom stereocenters. The number of hydrogen-bond donors (Lipinski definition) is 0. The molecule has 16 heavy (non-hydrogen) atoms. The van der Waals surface area contributed by atoms with Crippen molar-refractivity contribution >= 4 is 15.8 Å². The van der Waals surface area contributed by atoms with Gasteiger partial charge in [0, 0.05) is 12.5 Å². The van der Waals surface area contributed by atoms with E-state index in [1.54, 1.807) is 13.8 Å². The number of carbonyl (C=O) groups excluding carboxylic acids is 1. The van der Waals surface area contributed by atoms with E-state index in [9.17, 15) is 13.2 Å². The van der Waals surface area contributed by atoms with Gasteiger partial charge in [-0.15, -0.1) is 0 Å². The molecule has 6 nitrogen and oxygen atoms in total. The summed E-state index contributed by atoms with van der Waals surface area (Å²) in [6.45, 7) is 3.19. The van der Waals surface area contributed by atoms with Crippen LogP contribution in [0.3, 0.4) is 0 Å². The van der Waals surface area contributed by atoms with Gasteiger partial charge in [0.05, 0.1) is 13.3 Å². The summed E-state index contributed by atoms with van der Waals surface area (Å²) in [5, 5.41) is 3.86. The molecule has 0 aliphatic rings. The zero-order chi connectivity index (χ0) is 12.6. The monoisotopic (exact) mass is 246 g/mol. The number of nitrogens with zero attached hydrogens (tertiary/aromatic N) is 2. The van der Waals surface area contributed by atoms with Crippen molar-refractivity contribution < 1.29 is 17.9 Å². The molecular formula is C9H14N2O4S. The first-order chi connectivity index (χ1) is 7.19. The molecular weight excluding hydrogens is 232 g/mol. The number of aromatic nitrogens is 2. The second kappa shape index (κ2) is 3.89. The average Bonchev–Trinajstić information content (AvgIpc) is 2.64. The number of rotatable bonds is 3. The minimum absolute atomic E-state index is 0.0736. The predicted molar refractivity (Wildman–Crippen MR) is 56.7 cm³/mol. The van der Waals surface area contributed by atoms with Gasteiger partial charge in [0.25, 0.3) is 0 Å². The molecule has 0 aromatic carbocycles. The lowest BCUT2D eigenvalue weighted by molar-refractivity contribution is -0.150. The Morgan fingerprint density at radius 1 is 1.50 bits per heavy atom. The lowest BCUT2D eigenvalue weighted by Crippen LogP contribution is -2.37. The van der Waals surface area contributed by atoms with Crippen molar-refractivity contribution in [1.29, 1.82) is 0 Å². The SMILES string of the molecule is COC(=O)C(C)(C)n1cc(S(C)(=O)=O)cn1. The Hall–Kier alpha value is -1.37. The Balaban J connectivity index is 3.17. The number of ether oxygens (including phenoxy) is 1. The molecule has 0 aliphatic carbocycles. The van der Waals surface area contributed by atoms with Gasteiger partial charge in [-0.1, -0.05) is 0 Å². The van der Waals surface area contributed by atoms with Crippen molar-refractivity contribution in [1.82, 2.24) is 9.78 Å². The fourth-order valence-corrected chi connectivity index (χ4v) is 1.68. The first-order valence-electron chi connectivity index (χ1n) is 4.53. The Morgan fingerprint density at radius 2 is 2.06 bits per heavy atom. The van der Waals surface area contributed by atoms with E-state index in [1.807, 2.05) is 0 Å². The van der Waals surface area contributed by atoms with Gasteiger partial charge in [0.1, 0.15) is 4.90 Å². The van der Waals surface area contributed by atoms with Crippen molar-refractivity contribution in [2.24, 2.45) is 0 Å². The van der Waals surface area contributed by atoms with Gasteiger partial charge in [0.2, 0.25) is 0 Å². The van der Waals surface area contributed by atoms with Gasteiger partial charge in [0.15, 0.2) is 15.4 Å². The molecule has 0 N–H and O–H groups in total. The molecule has 1 heterocycles. The molecule has 0 saturated carbocycles. The summed E-state index contributed by atoms with van der Waals surface area (Å²) in [7, 11) is -2.04. The van der Waals surface area contributed by atoms with Gasteiger partial charge in [-0.3, -0.25) is 4.68 Å². The molecule has 0 amide bonds. The van der Waals surface area contributed by atoms with Crippen molar-refractivity contribution in [2.45, 2.75) is 24.3 Å². The standard InChI is InChI=1S/C9H14N2O4S/c1-9(2,8(12)15-3)11-6-7(5-10-11)16(4,13)14/h5-6H,1-4H3. The van der Waals surface area contributed by atoms with E-state index in [0.29, 0.717) is 0 Å². The van der Waals surface area contributed by atoms with Crippen molar-refractivity contribution in [3.8, 4) is 0 Å². The Labute approximate surface area is 94.1 Å². The fraction of sp³-hybridized carbons (Fsp3) is 0.556. The van der Waals surface area contributed by atoms with Gasteiger partial charge < -0.3 is 4.74 Å². The highest BCUT2D eigenvalue weighted by molar-refractivity contribution is 7.90. The second-order valence-corrected chi connectivity index (χ2v) is 5.96. The summed E-state index contributed by atoms with van der Waals surface area (Å²) in [6.07, 6.45) is 3.60. The molecule has 7 heteroatoms. The summed E-state index contributed by atoms with van der Waals surface area (Å²) in [4.78, 5) is 11.5. The van der Waals surface area contributed by atoms with E-state index < -0.39 is 21.3 Å². The molecule has 0 atom stereocenters. The molecule has 90 valence electrons. The summed E-state index contributed by atoms with van der Waals surface area (Å²) in [5.74, 6) is -0.490. The Kier molecular flexibility index (Phi) is 3.09. The van der Waals surface area contributed by atoms with Crippen LogP contribution in [0.25, 0.3) is 0 Å². The van der Waals surface area contributed by atoms with E-state index in [0.717, 1.165) is 6.26 Å². The highest BCUT2D eigenvalue weighted by atomic mass is 32.2. The van der Waals surface area contributed by atoms with Crippen LogP contribution in [-0.4, -0.2) is 37.5 Å². The van der Waals surface area contributed by atoms with Crippen LogP contribution < -0.4 is 0 Å². The zero-order valence-corrected chi connectivity index (χ0v) is 10.4. The summed E-state index contributed by atoms with van der Waals surface area (Å²) in [5.41, 5.74) is -1.03. The normalized spacial score (nSPS) is 12.5. The van der Waals surface area contributed by atoms with Crippen molar-refractivity contribution in [3.05, 3.63) is 12.4 Å². The van der Waals surface area contributed by atoms with E-state index >= 15 is 0 Å². The highest BCUT2D eigenvalue weighted by Crippen LogP contribution is 2.18. The van der Waals surface area contributed by atoms with Crippen molar-refractivity contribution in [2.75, 3.05) is 13.4 Å². The van der Waals surface area contributed by atoms with E-state index in [2.05, 4.69) is 9.84 Å². The van der Waals surface area contributed by atoms with Crippen LogP contribution >= 0.6 is 0 Å². The van der Waals surface area contributed by atoms with Gasteiger partial charge >= 0.3 is 5.97 Å².